The molecule has 11 heteroatoms. The van der Waals surface area contributed by atoms with Crippen LogP contribution in [0.25, 0.3) is 0 Å². The predicted octanol–water partition coefficient (Wildman–Crippen LogP) is 2.82. The van der Waals surface area contributed by atoms with Crippen molar-refractivity contribution < 1.29 is 50.4 Å². The SMILES string of the molecule is CCNCC1=CC2(C)CCC1C1(OC3CC4(O)C5=CC(=O)C6C(c7cc(O)cc(O)c7)C(O)C(O)CC6(C)C5CCC4(C)C3C1(O)CCO)C(O)C2C. The van der Waals surface area contributed by atoms with Crippen molar-refractivity contribution in [2.45, 2.75) is 127 Å². The van der Waals surface area contributed by atoms with E-state index in [4.69, 9.17) is 4.74 Å². The summed E-state index contributed by atoms with van der Waals surface area (Å²) in [5.74, 6) is -4.11. The Labute approximate surface area is 311 Å². The van der Waals surface area contributed by atoms with Gasteiger partial charge in [-0.25, -0.2) is 0 Å². The Bertz CT molecular complexity index is 1730. The largest absolute Gasteiger partial charge is 0.508 e. The molecule has 11 nitrogen and oxygen atoms in total. The van der Waals surface area contributed by atoms with E-state index in [9.17, 15) is 45.6 Å². The summed E-state index contributed by atoms with van der Waals surface area (Å²) < 4.78 is 7.25. The molecule has 1 aromatic carbocycles. The van der Waals surface area contributed by atoms with E-state index in [1.807, 2.05) is 27.7 Å². The lowest BCUT2D eigenvalue weighted by atomic mass is 9.43. The summed E-state index contributed by atoms with van der Waals surface area (Å²) in [5, 5.41) is 96.8. The van der Waals surface area contributed by atoms with Gasteiger partial charge in [0.05, 0.1) is 30.0 Å². The van der Waals surface area contributed by atoms with Gasteiger partial charge in [-0.15, -0.1) is 0 Å². The van der Waals surface area contributed by atoms with Crippen LogP contribution in [0, 0.1) is 45.8 Å². The van der Waals surface area contributed by atoms with Gasteiger partial charge in [0.15, 0.2) is 5.78 Å². The van der Waals surface area contributed by atoms with Crippen LogP contribution in [-0.2, 0) is 9.53 Å². The van der Waals surface area contributed by atoms with Crippen LogP contribution >= 0.6 is 0 Å². The zero-order valence-electron chi connectivity index (χ0n) is 31.6. The lowest BCUT2D eigenvalue weighted by molar-refractivity contribution is -0.245. The van der Waals surface area contributed by atoms with Crippen LogP contribution in [0.2, 0.25) is 0 Å². The fourth-order valence-corrected chi connectivity index (χ4v) is 14.0. The van der Waals surface area contributed by atoms with E-state index in [1.54, 1.807) is 0 Å². The average molecular weight is 738 g/mol. The summed E-state index contributed by atoms with van der Waals surface area (Å²) in [4.78, 5) is 14.5. The first-order valence-electron chi connectivity index (χ1n) is 19.9. The number of ketones is 1. The minimum absolute atomic E-state index is 0.0466. The molecule has 0 aromatic heterocycles. The van der Waals surface area contributed by atoms with E-state index in [0.29, 0.717) is 36.9 Å². The summed E-state index contributed by atoms with van der Waals surface area (Å²) in [5.41, 5.74) is -4.99. The monoisotopic (exact) mass is 737 g/mol. The number of phenols is 2. The van der Waals surface area contributed by atoms with Gasteiger partial charge in [-0.05, 0) is 90.7 Å². The molecule has 1 spiro atoms. The first-order valence-corrected chi connectivity index (χ1v) is 19.9. The number of fused-ring (bicyclic) bond motifs is 9. The number of aliphatic hydroxyl groups is 6. The van der Waals surface area contributed by atoms with Crippen LogP contribution < -0.4 is 5.32 Å². The minimum atomic E-state index is -1.73. The van der Waals surface area contributed by atoms with E-state index in [-0.39, 0.29) is 66.3 Å². The molecule has 0 radical (unpaired) electrons. The molecule has 16 atom stereocenters. The molecule has 292 valence electrons. The molecule has 7 aliphatic carbocycles. The summed E-state index contributed by atoms with van der Waals surface area (Å²) in [6, 6.07) is 3.99. The number of benzene rings is 1. The fraction of sp³-hybridized carbons (Fsp3) is 0.738. The highest BCUT2D eigenvalue weighted by Gasteiger charge is 2.82. The topological polar surface area (TPSA) is 200 Å². The third-order valence-corrected chi connectivity index (χ3v) is 16.5. The van der Waals surface area contributed by atoms with Gasteiger partial charge in [0.1, 0.15) is 22.7 Å². The van der Waals surface area contributed by atoms with E-state index < -0.39 is 69.8 Å². The molecule has 0 amide bonds. The van der Waals surface area contributed by atoms with Gasteiger partial charge in [-0.1, -0.05) is 46.3 Å². The molecule has 16 unspecified atom stereocenters. The van der Waals surface area contributed by atoms with Crippen LogP contribution in [0.4, 0.5) is 0 Å². The maximum absolute atomic E-state index is 14.5. The Hall–Kier alpha value is -2.35. The maximum Gasteiger partial charge on any atom is 0.160 e. The van der Waals surface area contributed by atoms with Gasteiger partial charge in [-0.2, -0.15) is 0 Å². The number of phenolic OH excluding ortho intramolecular Hbond substituents is 2. The van der Waals surface area contributed by atoms with Crippen LogP contribution in [0.15, 0.2) is 41.5 Å². The molecule has 1 heterocycles. The number of hydrogen-bond acceptors (Lipinski definition) is 11. The number of rotatable bonds is 6. The zero-order valence-corrected chi connectivity index (χ0v) is 31.6. The Kier molecular flexibility index (Phi) is 8.56. The Morgan fingerprint density at radius 1 is 0.962 bits per heavy atom. The fourth-order valence-electron chi connectivity index (χ4n) is 14.0. The minimum Gasteiger partial charge on any atom is -0.508 e. The maximum atomic E-state index is 14.5. The Balaban J connectivity index is 1.23. The number of hydrogen-bond donors (Lipinski definition) is 9. The van der Waals surface area contributed by atoms with Crippen LogP contribution in [0.1, 0.15) is 91.0 Å². The van der Waals surface area contributed by atoms with Gasteiger partial charge in [0, 0.05) is 61.1 Å². The number of carbonyl (C=O) groups excluding carboxylic acids is 1. The van der Waals surface area contributed by atoms with Crippen LogP contribution in [-0.4, -0.2) is 108 Å². The molecule has 9 rings (SSSR count). The molecule has 8 aliphatic rings. The number of aliphatic hydroxyl groups excluding tert-OH is 4. The van der Waals surface area contributed by atoms with E-state index >= 15 is 0 Å². The number of ether oxygens (including phenoxy) is 1. The average Bonchev–Trinajstić information content (AvgIpc) is 3.43. The quantitative estimate of drug-likeness (QED) is 0.195. The second-order valence-electron chi connectivity index (χ2n) is 18.8. The highest BCUT2D eigenvalue weighted by atomic mass is 16.6. The number of aromatic hydroxyl groups is 2. The van der Waals surface area contributed by atoms with Gasteiger partial charge in [-0.3, -0.25) is 4.79 Å². The van der Waals surface area contributed by atoms with Crippen molar-refractivity contribution in [2.75, 3.05) is 19.7 Å². The molecule has 4 saturated carbocycles. The lowest BCUT2D eigenvalue weighted by Crippen LogP contribution is -2.70. The van der Waals surface area contributed by atoms with Crippen molar-refractivity contribution in [3.05, 3.63) is 47.1 Å². The predicted molar refractivity (Wildman–Crippen MR) is 195 cm³/mol. The first kappa shape index (κ1) is 37.6. The third kappa shape index (κ3) is 4.65. The molecule has 1 aliphatic heterocycles. The molecule has 9 N–H and O–H groups in total. The van der Waals surface area contributed by atoms with Gasteiger partial charge < -0.3 is 50.9 Å². The van der Waals surface area contributed by atoms with E-state index in [0.717, 1.165) is 18.5 Å². The zero-order chi connectivity index (χ0) is 38.3. The summed E-state index contributed by atoms with van der Waals surface area (Å²) in [6.45, 7) is 11.1. The molecule has 2 bridgehead atoms. The number of carbonyl (C=O) groups is 1. The highest BCUT2D eigenvalue weighted by Crippen LogP contribution is 2.75. The third-order valence-electron chi connectivity index (χ3n) is 16.5. The number of allylic oxidation sites excluding steroid dienone is 2. The normalized spacial score (nSPS) is 51.3. The molecule has 1 saturated heterocycles. The van der Waals surface area contributed by atoms with Gasteiger partial charge in [0.2, 0.25) is 0 Å². The molecule has 5 fully saturated rings. The Morgan fingerprint density at radius 2 is 1.64 bits per heavy atom. The lowest BCUT2D eigenvalue weighted by Gasteiger charge is -2.62. The van der Waals surface area contributed by atoms with Crippen molar-refractivity contribution in [1.82, 2.24) is 5.32 Å². The van der Waals surface area contributed by atoms with Crippen molar-refractivity contribution in [3.63, 3.8) is 0 Å². The van der Waals surface area contributed by atoms with Crippen molar-refractivity contribution in [3.8, 4) is 11.5 Å². The Morgan fingerprint density at radius 3 is 2.30 bits per heavy atom. The second kappa shape index (κ2) is 12.1. The van der Waals surface area contributed by atoms with Crippen molar-refractivity contribution in [2.24, 2.45) is 45.8 Å². The summed E-state index contributed by atoms with van der Waals surface area (Å²) in [7, 11) is 0. The standard InChI is InChI=1S/C42H59NO10/c1-6-43-20-23-17-37(3)9-7-26(23)42(36(50)21(37)2)40(51,11-12-44)35-31(53-42)19-41(52)28-16-29(47)33-32(22-13-24(45)15-25(46)14-22)34(49)30(48)18-38(33,4)27(28)8-10-39(35,41)5/h13-17,21,26-27,30-36,43-46,48-52H,6-12,18-20H2,1-5H3. The van der Waals surface area contributed by atoms with Gasteiger partial charge in [0.25, 0.3) is 0 Å². The van der Waals surface area contributed by atoms with E-state index in [2.05, 4.69) is 18.3 Å². The second-order valence-corrected chi connectivity index (χ2v) is 18.8. The number of nitrogens with one attached hydrogen (secondary N) is 1. The molecular weight excluding hydrogens is 678 g/mol. The molecule has 53 heavy (non-hydrogen) atoms. The van der Waals surface area contributed by atoms with E-state index in [1.165, 1.54) is 24.3 Å². The van der Waals surface area contributed by atoms with Crippen LogP contribution in [0.5, 0.6) is 11.5 Å². The molecule has 1 aromatic rings. The van der Waals surface area contributed by atoms with Crippen LogP contribution in [0.3, 0.4) is 0 Å². The highest BCUT2D eigenvalue weighted by molar-refractivity contribution is 5.96. The number of likely N-dealkylation sites (N-methyl/N-ethyl adjacent to an activating group) is 1. The smallest absolute Gasteiger partial charge is 0.160 e. The van der Waals surface area contributed by atoms with Gasteiger partial charge >= 0.3 is 0 Å². The molecular formula is C42H59NO10. The van der Waals surface area contributed by atoms with Crippen molar-refractivity contribution in [1.29, 1.82) is 0 Å². The first-order chi connectivity index (χ1) is 24.9. The summed E-state index contributed by atoms with van der Waals surface area (Å²) >= 11 is 0. The van der Waals surface area contributed by atoms with Crippen molar-refractivity contribution >= 4 is 5.78 Å². The summed E-state index contributed by atoms with van der Waals surface area (Å²) in [6.07, 6.45) is 2.17.